The average molecular weight is 345 g/mol. The molecule has 2 N–H and O–H groups in total. The van der Waals surface area contributed by atoms with Gasteiger partial charge in [0.15, 0.2) is 0 Å². The minimum Gasteiger partial charge on any atom is -0.374 e. The highest BCUT2D eigenvalue weighted by molar-refractivity contribution is 7.16. The van der Waals surface area contributed by atoms with E-state index in [1.807, 2.05) is 6.07 Å². The van der Waals surface area contributed by atoms with Crippen LogP contribution >= 0.6 is 22.9 Å². The lowest BCUT2D eigenvalue weighted by Crippen LogP contribution is -2.46. The summed E-state index contributed by atoms with van der Waals surface area (Å²) in [7, 11) is 1.56. The third kappa shape index (κ3) is 4.97. The van der Waals surface area contributed by atoms with Crippen molar-refractivity contribution in [2.75, 3.05) is 13.7 Å². The molecule has 0 spiro atoms. The van der Waals surface area contributed by atoms with Crippen molar-refractivity contribution in [2.24, 2.45) is 0 Å². The summed E-state index contributed by atoms with van der Waals surface area (Å²) in [5, 5.41) is 5.41. The first-order valence-electron chi connectivity index (χ1n) is 7.47. The molecule has 1 aliphatic carbocycles. The van der Waals surface area contributed by atoms with Crippen LogP contribution < -0.4 is 10.6 Å². The van der Waals surface area contributed by atoms with Crippen LogP contribution in [0.15, 0.2) is 12.1 Å². The third-order valence-corrected chi connectivity index (χ3v) is 5.11. The second-order valence-corrected chi connectivity index (χ2v) is 7.13. The van der Waals surface area contributed by atoms with Crippen molar-refractivity contribution in [1.82, 2.24) is 10.6 Å². The van der Waals surface area contributed by atoms with E-state index in [0.717, 1.165) is 30.6 Å². The van der Waals surface area contributed by atoms with E-state index < -0.39 is 11.8 Å². The quantitative estimate of drug-likeness (QED) is 0.807. The van der Waals surface area contributed by atoms with Gasteiger partial charge in [-0.25, -0.2) is 0 Å². The summed E-state index contributed by atoms with van der Waals surface area (Å²) in [5.74, 6) is -1.18. The van der Waals surface area contributed by atoms with E-state index in [1.165, 1.54) is 17.8 Å². The highest BCUT2D eigenvalue weighted by Crippen LogP contribution is 2.28. The Morgan fingerprint density at radius 1 is 1.32 bits per heavy atom. The normalized spacial score (nSPS) is 17.0. The molecule has 7 heteroatoms. The molecule has 1 heterocycles. The molecule has 0 saturated heterocycles. The molecule has 0 radical (unpaired) electrons. The van der Waals surface area contributed by atoms with E-state index in [2.05, 4.69) is 10.6 Å². The second-order valence-electron chi connectivity index (χ2n) is 5.38. The number of hydrogen-bond donors (Lipinski definition) is 2. The van der Waals surface area contributed by atoms with Crippen molar-refractivity contribution in [3.63, 3.8) is 0 Å². The molecule has 0 bridgehead atoms. The first kappa shape index (κ1) is 17.2. The van der Waals surface area contributed by atoms with Gasteiger partial charge in [-0.3, -0.25) is 9.59 Å². The molecule has 1 atom stereocenters. The van der Waals surface area contributed by atoms with Gasteiger partial charge in [-0.05, 0) is 25.0 Å². The molecule has 122 valence electrons. The Morgan fingerprint density at radius 2 is 2.05 bits per heavy atom. The highest BCUT2D eigenvalue weighted by atomic mass is 35.5. The van der Waals surface area contributed by atoms with Gasteiger partial charge < -0.3 is 15.4 Å². The fourth-order valence-electron chi connectivity index (χ4n) is 2.56. The number of amides is 2. The van der Waals surface area contributed by atoms with E-state index in [9.17, 15) is 9.59 Å². The number of halogens is 1. The van der Waals surface area contributed by atoms with Gasteiger partial charge in [0.2, 0.25) is 0 Å². The number of ether oxygens (including phenoxy) is 1. The van der Waals surface area contributed by atoms with Gasteiger partial charge in [-0.15, -0.1) is 11.3 Å². The van der Waals surface area contributed by atoms with Crippen LogP contribution in [-0.2, 0) is 14.3 Å². The zero-order valence-electron chi connectivity index (χ0n) is 12.6. The van der Waals surface area contributed by atoms with E-state index in [-0.39, 0.29) is 18.7 Å². The molecular weight excluding hydrogens is 324 g/mol. The topological polar surface area (TPSA) is 67.4 Å². The van der Waals surface area contributed by atoms with Crippen LogP contribution in [0.5, 0.6) is 0 Å². The van der Waals surface area contributed by atoms with Crippen molar-refractivity contribution >= 4 is 34.8 Å². The maximum absolute atomic E-state index is 11.9. The number of thiophene rings is 1. The fraction of sp³-hybridized carbons (Fsp3) is 0.600. The van der Waals surface area contributed by atoms with Gasteiger partial charge in [0, 0.05) is 24.6 Å². The minimum atomic E-state index is -0.615. The van der Waals surface area contributed by atoms with Crippen LogP contribution in [0.1, 0.15) is 43.1 Å². The number of carbonyl (C=O) groups excluding carboxylic acids is 2. The summed E-state index contributed by atoms with van der Waals surface area (Å²) in [4.78, 5) is 24.7. The Balaban J connectivity index is 1.79. The predicted molar refractivity (Wildman–Crippen MR) is 87.1 cm³/mol. The van der Waals surface area contributed by atoms with Crippen molar-refractivity contribution in [3.05, 3.63) is 21.3 Å². The molecule has 2 rings (SSSR count). The van der Waals surface area contributed by atoms with E-state index in [1.54, 1.807) is 13.2 Å². The van der Waals surface area contributed by atoms with Crippen molar-refractivity contribution in [1.29, 1.82) is 0 Å². The van der Waals surface area contributed by atoms with Gasteiger partial charge in [0.1, 0.15) is 6.10 Å². The first-order chi connectivity index (χ1) is 10.6. The molecular formula is C15H21ClN2O3S. The Morgan fingerprint density at radius 3 is 2.64 bits per heavy atom. The van der Waals surface area contributed by atoms with Crippen LogP contribution in [-0.4, -0.2) is 31.5 Å². The van der Waals surface area contributed by atoms with Crippen LogP contribution in [0.2, 0.25) is 4.34 Å². The van der Waals surface area contributed by atoms with Gasteiger partial charge >= 0.3 is 11.8 Å². The van der Waals surface area contributed by atoms with E-state index in [0.29, 0.717) is 4.34 Å². The zero-order chi connectivity index (χ0) is 15.9. The summed E-state index contributed by atoms with van der Waals surface area (Å²) in [6.07, 6.45) is 5.02. The Hall–Kier alpha value is -1.11. The number of methoxy groups -OCH3 is 1. The average Bonchev–Trinajstić information content (AvgIpc) is 2.95. The fourth-order valence-corrected chi connectivity index (χ4v) is 3.70. The van der Waals surface area contributed by atoms with Crippen molar-refractivity contribution in [2.45, 2.75) is 44.2 Å². The monoisotopic (exact) mass is 344 g/mol. The van der Waals surface area contributed by atoms with Crippen molar-refractivity contribution < 1.29 is 14.3 Å². The lowest BCUT2D eigenvalue weighted by atomic mass is 9.95. The summed E-state index contributed by atoms with van der Waals surface area (Å²) in [5.41, 5.74) is 0. The van der Waals surface area contributed by atoms with Gasteiger partial charge in [-0.2, -0.15) is 0 Å². The van der Waals surface area contributed by atoms with Crippen LogP contribution in [0, 0.1) is 0 Å². The molecule has 1 saturated carbocycles. The molecule has 1 aromatic heterocycles. The molecule has 0 aliphatic heterocycles. The smallest absolute Gasteiger partial charge is 0.309 e. The molecule has 1 aromatic rings. The second kappa shape index (κ2) is 8.50. The van der Waals surface area contributed by atoms with Crippen LogP contribution in [0.4, 0.5) is 0 Å². The summed E-state index contributed by atoms with van der Waals surface area (Å²) < 4.78 is 6.00. The molecule has 2 amide bonds. The summed E-state index contributed by atoms with van der Waals surface area (Å²) >= 11 is 7.29. The summed E-state index contributed by atoms with van der Waals surface area (Å²) in [6.45, 7) is 0.240. The molecule has 1 aliphatic rings. The molecule has 0 aromatic carbocycles. The number of nitrogens with one attached hydrogen (secondary N) is 2. The predicted octanol–water partition coefficient (Wildman–Crippen LogP) is 2.65. The van der Waals surface area contributed by atoms with E-state index >= 15 is 0 Å². The standard InChI is InChI=1S/C15H21ClN2O3S/c1-21-11(12-7-8-13(16)22-12)9-17-14(19)15(20)18-10-5-3-2-4-6-10/h7-8,10-11H,2-6,9H2,1H3,(H,17,19)(H,18,20). The SMILES string of the molecule is COC(CNC(=O)C(=O)NC1CCCCC1)c1ccc(Cl)s1. The Kier molecular flexibility index (Phi) is 6.67. The van der Waals surface area contributed by atoms with Crippen molar-refractivity contribution in [3.8, 4) is 0 Å². The van der Waals surface area contributed by atoms with Crippen LogP contribution in [0.25, 0.3) is 0 Å². The van der Waals surface area contributed by atoms with Crippen LogP contribution in [0.3, 0.4) is 0 Å². The lowest BCUT2D eigenvalue weighted by Gasteiger charge is -2.22. The zero-order valence-corrected chi connectivity index (χ0v) is 14.1. The van der Waals surface area contributed by atoms with Gasteiger partial charge in [-0.1, -0.05) is 30.9 Å². The molecule has 1 unspecified atom stereocenters. The molecule has 1 fully saturated rings. The van der Waals surface area contributed by atoms with Gasteiger partial charge in [0.25, 0.3) is 0 Å². The largest absolute Gasteiger partial charge is 0.374 e. The lowest BCUT2D eigenvalue weighted by molar-refractivity contribution is -0.140. The molecule has 5 nitrogen and oxygen atoms in total. The number of rotatable bonds is 5. The Labute approximate surface area is 139 Å². The molecule has 22 heavy (non-hydrogen) atoms. The number of carbonyl (C=O) groups is 2. The highest BCUT2D eigenvalue weighted by Gasteiger charge is 2.21. The maximum Gasteiger partial charge on any atom is 0.309 e. The van der Waals surface area contributed by atoms with Gasteiger partial charge in [0.05, 0.1) is 4.34 Å². The summed E-state index contributed by atoms with van der Waals surface area (Å²) in [6, 6.07) is 3.77. The Bertz CT molecular complexity index is 515. The third-order valence-electron chi connectivity index (χ3n) is 3.79. The first-order valence-corrected chi connectivity index (χ1v) is 8.66. The number of hydrogen-bond acceptors (Lipinski definition) is 4. The minimum absolute atomic E-state index is 0.126. The van der Waals surface area contributed by atoms with E-state index in [4.69, 9.17) is 16.3 Å². The maximum atomic E-state index is 11.9.